The molecule has 0 aromatic carbocycles. The van der Waals surface area contributed by atoms with E-state index in [0.717, 1.165) is 38.5 Å². The van der Waals surface area contributed by atoms with Gasteiger partial charge in [-0.2, -0.15) is 0 Å². The Hall–Kier alpha value is -1.40. The Morgan fingerprint density at radius 1 is 0.318 bits per heavy atom. The van der Waals surface area contributed by atoms with Crippen molar-refractivity contribution in [1.82, 2.24) is 5.32 Å². The summed E-state index contributed by atoms with van der Waals surface area (Å²) in [6, 6.07) is -0.625. The van der Waals surface area contributed by atoms with Crippen LogP contribution >= 0.6 is 0 Å². The molecular weight excluding hydrogens is 1040 g/mol. The molecular formula is C79H155NO5. The fraction of sp³-hybridized carbons (Fsp3) is 0.949. The van der Waals surface area contributed by atoms with Gasteiger partial charge in [0.05, 0.1) is 25.4 Å². The molecule has 0 heterocycles. The average molecular weight is 1200 g/mol. The van der Waals surface area contributed by atoms with Crippen LogP contribution in [0.15, 0.2) is 12.2 Å². The molecule has 0 rings (SSSR count). The predicted molar refractivity (Wildman–Crippen MR) is 375 cm³/mol. The Kier molecular flexibility index (Phi) is 73.8. The van der Waals surface area contributed by atoms with Gasteiger partial charge in [0.15, 0.2) is 0 Å². The zero-order valence-corrected chi connectivity index (χ0v) is 58.1. The van der Waals surface area contributed by atoms with E-state index >= 15 is 0 Å². The topological polar surface area (TPSA) is 95.9 Å². The number of ether oxygens (including phenoxy) is 1. The summed E-state index contributed by atoms with van der Waals surface area (Å²) in [5.41, 5.74) is 0. The van der Waals surface area contributed by atoms with Crippen molar-refractivity contribution in [2.24, 2.45) is 0 Å². The number of carbonyl (C=O) groups excluding carboxylic acids is 2. The summed E-state index contributed by atoms with van der Waals surface area (Å²) in [4.78, 5) is 24.6. The van der Waals surface area contributed by atoms with Crippen molar-refractivity contribution in [3.05, 3.63) is 12.2 Å². The summed E-state index contributed by atoms with van der Waals surface area (Å²) in [6.45, 7) is 4.96. The van der Waals surface area contributed by atoms with Gasteiger partial charge in [0.1, 0.15) is 0 Å². The quantitative estimate of drug-likeness (QED) is 0.0320. The van der Waals surface area contributed by atoms with Crippen LogP contribution in [0.2, 0.25) is 0 Å². The molecule has 0 aliphatic rings. The van der Waals surface area contributed by atoms with Gasteiger partial charge in [0.2, 0.25) is 5.91 Å². The fourth-order valence-electron chi connectivity index (χ4n) is 12.8. The molecule has 0 aliphatic heterocycles. The Morgan fingerprint density at radius 3 is 0.800 bits per heavy atom. The van der Waals surface area contributed by atoms with E-state index in [1.807, 2.05) is 6.08 Å². The van der Waals surface area contributed by atoms with Crippen LogP contribution in [0.5, 0.6) is 0 Å². The number of aliphatic hydroxyl groups is 2. The first-order valence-corrected chi connectivity index (χ1v) is 39.5. The van der Waals surface area contributed by atoms with Gasteiger partial charge in [-0.25, -0.2) is 0 Å². The molecule has 85 heavy (non-hydrogen) atoms. The molecule has 0 aliphatic carbocycles. The highest BCUT2D eigenvalue weighted by molar-refractivity contribution is 5.76. The van der Waals surface area contributed by atoms with Gasteiger partial charge >= 0.3 is 5.97 Å². The highest BCUT2D eigenvalue weighted by Gasteiger charge is 2.18. The minimum atomic E-state index is -0.842. The molecule has 0 aromatic rings. The lowest BCUT2D eigenvalue weighted by atomic mass is 10.0. The number of rotatable bonds is 75. The molecule has 6 heteroatoms. The minimum absolute atomic E-state index is 0.0237. The molecule has 1 amide bonds. The number of carbonyl (C=O) groups is 2. The van der Waals surface area contributed by atoms with Crippen molar-refractivity contribution >= 4 is 11.9 Å². The summed E-state index contributed by atoms with van der Waals surface area (Å²) in [5.74, 6) is -0.0342. The van der Waals surface area contributed by atoms with Gasteiger partial charge < -0.3 is 20.3 Å². The maximum Gasteiger partial charge on any atom is 0.305 e. The molecule has 0 aromatic heterocycles. The van der Waals surface area contributed by atoms with Crippen molar-refractivity contribution in [2.45, 2.75) is 469 Å². The number of unbranched alkanes of at least 4 members (excludes halogenated alkanes) is 64. The minimum Gasteiger partial charge on any atom is -0.466 e. The van der Waals surface area contributed by atoms with Gasteiger partial charge in [0.25, 0.3) is 0 Å². The number of aliphatic hydroxyl groups excluding tert-OH is 2. The SMILES string of the molecule is CCCCCCCCCCCCCCCCCCCCCCC/C=C/C(O)C(CO)NC(=O)CCCCCCCCCCCCCCCCCCCCCCCCCCCCCCCCCCOC(=O)CCCCCCCCCCCCCCC. The van der Waals surface area contributed by atoms with Crippen LogP contribution in [0.1, 0.15) is 457 Å². The van der Waals surface area contributed by atoms with E-state index < -0.39 is 12.1 Å². The number of hydrogen-bond donors (Lipinski definition) is 3. The molecule has 2 unspecified atom stereocenters. The number of esters is 1. The Balaban J connectivity index is 3.34. The lowest BCUT2D eigenvalue weighted by Gasteiger charge is -2.20. The van der Waals surface area contributed by atoms with E-state index in [1.54, 1.807) is 6.08 Å². The second-order valence-electron chi connectivity index (χ2n) is 27.4. The molecule has 0 spiro atoms. The first kappa shape index (κ1) is 83.6. The van der Waals surface area contributed by atoms with Crippen LogP contribution in [0.25, 0.3) is 0 Å². The van der Waals surface area contributed by atoms with Crippen LogP contribution in [0.4, 0.5) is 0 Å². The third kappa shape index (κ3) is 71.6. The van der Waals surface area contributed by atoms with E-state index in [9.17, 15) is 19.8 Å². The molecule has 6 nitrogen and oxygen atoms in total. The first-order valence-electron chi connectivity index (χ1n) is 39.5. The smallest absolute Gasteiger partial charge is 0.305 e. The zero-order valence-electron chi connectivity index (χ0n) is 58.1. The highest BCUT2D eigenvalue weighted by Crippen LogP contribution is 2.20. The molecule has 2 atom stereocenters. The molecule has 0 saturated heterocycles. The normalized spacial score (nSPS) is 12.5. The number of allylic oxidation sites excluding steroid dienone is 1. The van der Waals surface area contributed by atoms with Crippen molar-refractivity contribution in [3.63, 3.8) is 0 Å². The summed E-state index contributed by atoms with van der Waals surface area (Å²) < 4.78 is 5.50. The number of hydrogen-bond acceptors (Lipinski definition) is 5. The largest absolute Gasteiger partial charge is 0.466 e. The third-order valence-electron chi connectivity index (χ3n) is 18.8. The third-order valence-corrected chi connectivity index (χ3v) is 18.8. The maximum atomic E-state index is 12.5. The molecule has 0 radical (unpaired) electrons. The van der Waals surface area contributed by atoms with E-state index in [-0.39, 0.29) is 18.5 Å². The lowest BCUT2D eigenvalue weighted by Crippen LogP contribution is -2.45. The Morgan fingerprint density at radius 2 is 0.541 bits per heavy atom. The van der Waals surface area contributed by atoms with E-state index in [4.69, 9.17) is 4.74 Å². The zero-order chi connectivity index (χ0) is 61.3. The fourth-order valence-corrected chi connectivity index (χ4v) is 12.8. The van der Waals surface area contributed by atoms with Crippen molar-refractivity contribution in [2.75, 3.05) is 13.2 Å². The van der Waals surface area contributed by atoms with Crippen LogP contribution in [-0.4, -0.2) is 47.4 Å². The van der Waals surface area contributed by atoms with Gasteiger partial charge in [-0.05, 0) is 32.1 Å². The second kappa shape index (κ2) is 75.1. The molecule has 506 valence electrons. The summed E-state index contributed by atoms with van der Waals surface area (Å²) in [5, 5.41) is 23.3. The Bertz CT molecular complexity index is 1290. The van der Waals surface area contributed by atoms with Crippen molar-refractivity contribution < 1.29 is 24.5 Å². The van der Waals surface area contributed by atoms with Gasteiger partial charge in [-0.3, -0.25) is 9.59 Å². The predicted octanol–water partition coefficient (Wildman–Crippen LogP) is 25.9. The van der Waals surface area contributed by atoms with Crippen LogP contribution in [0.3, 0.4) is 0 Å². The van der Waals surface area contributed by atoms with Crippen LogP contribution < -0.4 is 5.32 Å². The van der Waals surface area contributed by atoms with Crippen LogP contribution in [0, 0.1) is 0 Å². The number of amides is 1. The summed E-state index contributed by atoms with van der Waals surface area (Å²) in [6.07, 6.45) is 94.8. The highest BCUT2D eigenvalue weighted by atomic mass is 16.5. The van der Waals surface area contributed by atoms with E-state index in [0.29, 0.717) is 19.4 Å². The van der Waals surface area contributed by atoms with E-state index in [1.165, 1.54) is 392 Å². The molecule has 0 fully saturated rings. The standard InChI is InChI=1S/C79H155NO5/c1-3-5-7-9-11-13-15-17-18-19-20-21-32-35-38-41-44-48-51-55-59-63-67-71-77(82)76(75-81)80-78(83)72-68-64-60-56-52-49-45-42-39-36-33-30-28-26-24-22-23-25-27-29-31-34-37-40-43-46-50-54-58-62-66-70-74-85-79(84)73-69-65-61-57-53-47-16-14-12-10-8-6-4-2/h67,71,76-77,81-82H,3-66,68-70,72-75H2,1-2H3,(H,80,83)/b71-67+. The lowest BCUT2D eigenvalue weighted by molar-refractivity contribution is -0.143. The average Bonchev–Trinajstić information content (AvgIpc) is 3.53. The van der Waals surface area contributed by atoms with Gasteiger partial charge in [0, 0.05) is 12.8 Å². The monoisotopic (exact) mass is 1200 g/mol. The summed E-state index contributed by atoms with van der Waals surface area (Å²) in [7, 11) is 0. The van der Waals surface area contributed by atoms with Gasteiger partial charge in [-0.1, -0.05) is 424 Å². The Labute approximate surface area is 533 Å². The van der Waals surface area contributed by atoms with E-state index in [2.05, 4.69) is 19.2 Å². The summed E-state index contributed by atoms with van der Waals surface area (Å²) >= 11 is 0. The maximum absolute atomic E-state index is 12.5. The van der Waals surface area contributed by atoms with Crippen molar-refractivity contribution in [3.8, 4) is 0 Å². The second-order valence-corrected chi connectivity index (χ2v) is 27.4. The molecule has 3 N–H and O–H groups in total. The number of nitrogens with one attached hydrogen (secondary N) is 1. The van der Waals surface area contributed by atoms with Crippen LogP contribution in [-0.2, 0) is 14.3 Å². The van der Waals surface area contributed by atoms with Crippen molar-refractivity contribution in [1.29, 1.82) is 0 Å². The molecule has 0 bridgehead atoms. The first-order chi connectivity index (χ1) is 42.0. The molecule has 0 saturated carbocycles. The van der Waals surface area contributed by atoms with Gasteiger partial charge in [-0.15, -0.1) is 0 Å².